The molecule has 1 heterocycles. The zero-order chi connectivity index (χ0) is 14.9. The summed E-state index contributed by atoms with van der Waals surface area (Å²) in [5.74, 6) is -0.654. The van der Waals surface area contributed by atoms with Crippen LogP contribution in [0.25, 0.3) is 10.9 Å². The van der Waals surface area contributed by atoms with E-state index < -0.39 is 22.4 Å². The molecule has 0 saturated heterocycles. The van der Waals surface area contributed by atoms with Crippen molar-refractivity contribution in [2.75, 3.05) is 5.32 Å². The molecule has 1 unspecified atom stereocenters. The minimum Gasteiger partial charge on any atom is -0.368 e. The standard InChI is InChI=1S/C11H11N5O4/c1-5(10(12)17)15-8-3-7-6(2-9(8)16(19)20)11(18)14-4-13-7/h2-5,15H,1H3,(H2,12,17)(H,13,14,18). The van der Waals surface area contributed by atoms with Crippen LogP contribution in [0.4, 0.5) is 11.4 Å². The Morgan fingerprint density at radius 2 is 2.25 bits per heavy atom. The van der Waals surface area contributed by atoms with Crippen LogP contribution in [0.15, 0.2) is 23.3 Å². The highest BCUT2D eigenvalue weighted by atomic mass is 16.6. The second-order valence-electron chi connectivity index (χ2n) is 4.14. The summed E-state index contributed by atoms with van der Waals surface area (Å²) in [5, 5.41) is 13.8. The third-order valence-electron chi connectivity index (χ3n) is 2.75. The molecule has 0 spiro atoms. The van der Waals surface area contributed by atoms with Crippen LogP contribution in [0.5, 0.6) is 0 Å². The predicted octanol–water partition coefficient (Wildman–Crippen LogP) is 0.117. The van der Waals surface area contributed by atoms with Crippen LogP contribution in [0.3, 0.4) is 0 Å². The van der Waals surface area contributed by atoms with Crippen molar-refractivity contribution >= 4 is 28.2 Å². The van der Waals surface area contributed by atoms with Gasteiger partial charge in [-0.2, -0.15) is 0 Å². The van der Waals surface area contributed by atoms with Gasteiger partial charge in [0.1, 0.15) is 11.7 Å². The molecule has 2 aromatic rings. The number of hydrogen-bond donors (Lipinski definition) is 3. The maximum atomic E-state index is 11.6. The molecule has 20 heavy (non-hydrogen) atoms. The zero-order valence-corrected chi connectivity index (χ0v) is 10.4. The molecule has 0 radical (unpaired) electrons. The van der Waals surface area contributed by atoms with E-state index in [2.05, 4.69) is 15.3 Å². The highest BCUT2D eigenvalue weighted by Crippen LogP contribution is 2.28. The van der Waals surface area contributed by atoms with Crippen LogP contribution in [-0.2, 0) is 4.79 Å². The number of aromatic nitrogens is 2. The van der Waals surface area contributed by atoms with E-state index in [1.807, 2.05) is 0 Å². The Hall–Kier alpha value is -2.97. The molecule has 0 aliphatic carbocycles. The summed E-state index contributed by atoms with van der Waals surface area (Å²) in [6.07, 6.45) is 1.19. The first-order valence-corrected chi connectivity index (χ1v) is 5.62. The molecule has 104 valence electrons. The van der Waals surface area contributed by atoms with Gasteiger partial charge in [0.15, 0.2) is 0 Å². The van der Waals surface area contributed by atoms with Gasteiger partial charge < -0.3 is 16.0 Å². The summed E-state index contributed by atoms with van der Waals surface area (Å²) in [6, 6.07) is 1.65. The van der Waals surface area contributed by atoms with Crippen molar-refractivity contribution in [3.8, 4) is 0 Å². The lowest BCUT2D eigenvalue weighted by molar-refractivity contribution is -0.383. The molecule has 0 bridgehead atoms. The number of primary amides is 1. The van der Waals surface area contributed by atoms with Gasteiger partial charge in [-0.05, 0) is 13.0 Å². The van der Waals surface area contributed by atoms with Crippen molar-refractivity contribution in [2.45, 2.75) is 13.0 Å². The van der Waals surface area contributed by atoms with E-state index in [0.717, 1.165) is 6.07 Å². The minimum absolute atomic E-state index is 0.0758. The molecule has 2 rings (SSSR count). The summed E-state index contributed by atoms with van der Waals surface area (Å²) in [6.45, 7) is 1.47. The topological polar surface area (TPSA) is 144 Å². The van der Waals surface area contributed by atoms with Crippen LogP contribution in [0, 0.1) is 10.1 Å². The van der Waals surface area contributed by atoms with Crippen LogP contribution in [0.2, 0.25) is 0 Å². The van der Waals surface area contributed by atoms with Crippen molar-refractivity contribution in [3.63, 3.8) is 0 Å². The molecule has 1 atom stereocenters. The third-order valence-corrected chi connectivity index (χ3v) is 2.75. The number of benzene rings is 1. The Labute approximate surface area is 112 Å². The summed E-state index contributed by atoms with van der Waals surface area (Å²) in [5.41, 5.74) is 4.65. The molecular weight excluding hydrogens is 266 g/mol. The Morgan fingerprint density at radius 1 is 1.55 bits per heavy atom. The fourth-order valence-corrected chi connectivity index (χ4v) is 1.67. The number of nitro benzene ring substituents is 1. The first kappa shape index (κ1) is 13.5. The lowest BCUT2D eigenvalue weighted by Gasteiger charge is -2.12. The zero-order valence-electron chi connectivity index (χ0n) is 10.4. The highest BCUT2D eigenvalue weighted by molar-refractivity contribution is 5.89. The summed E-state index contributed by atoms with van der Waals surface area (Å²) in [7, 11) is 0. The van der Waals surface area contributed by atoms with Crippen LogP contribution in [-0.4, -0.2) is 26.8 Å². The number of fused-ring (bicyclic) bond motifs is 1. The van der Waals surface area contributed by atoms with Crippen molar-refractivity contribution in [1.82, 2.24) is 9.97 Å². The van der Waals surface area contributed by atoms with E-state index in [9.17, 15) is 19.7 Å². The number of H-pyrrole nitrogens is 1. The highest BCUT2D eigenvalue weighted by Gasteiger charge is 2.20. The molecule has 1 amide bonds. The number of aromatic amines is 1. The lowest BCUT2D eigenvalue weighted by Crippen LogP contribution is -2.32. The van der Waals surface area contributed by atoms with Gasteiger partial charge in [0.25, 0.3) is 11.2 Å². The van der Waals surface area contributed by atoms with Crippen molar-refractivity contribution in [1.29, 1.82) is 0 Å². The van der Waals surface area contributed by atoms with Gasteiger partial charge in [-0.1, -0.05) is 0 Å². The van der Waals surface area contributed by atoms with Crippen molar-refractivity contribution in [3.05, 3.63) is 38.9 Å². The molecule has 1 aromatic carbocycles. The number of rotatable bonds is 4. The number of amides is 1. The number of carbonyl (C=O) groups excluding carboxylic acids is 1. The molecule has 1 aromatic heterocycles. The molecule has 0 aliphatic heterocycles. The van der Waals surface area contributed by atoms with E-state index in [4.69, 9.17) is 5.73 Å². The van der Waals surface area contributed by atoms with Crippen LogP contribution in [0.1, 0.15) is 6.92 Å². The Balaban J connectivity index is 2.63. The number of nitro groups is 1. The number of carbonyl (C=O) groups is 1. The minimum atomic E-state index is -0.798. The van der Waals surface area contributed by atoms with Gasteiger partial charge in [0, 0.05) is 6.07 Å². The maximum absolute atomic E-state index is 11.6. The molecule has 9 heteroatoms. The smallest absolute Gasteiger partial charge is 0.293 e. The summed E-state index contributed by atoms with van der Waals surface area (Å²) < 4.78 is 0. The number of nitrogens with two attached hydrogens (primary N) is 1. The SMILES string of the molecule is CC(Nc1cc2nc[nH]c(=O)c2cc1[N+](=O)[O-])C(N)=O. The van der Waals surface area contributed by atoms with E-state index in [1.54, 1.807) is 0 Å². The van der Waals surface area contributed by atoms with Crippen molar-refractivity contribution < 1.29 is 9.72 Å². The monoisotopic (exact) mass is 277 g/mol. The maximum Gasteiger partial charge on any atom is 0.293 e. The van der Waals surface area contributed by atoms with Gasteiger partial charge in [-0.3, -0.25) is 19.7 Å². The van der Waals surface area contributed by atoms with Gasteiger partial charge in [-0.15, -0.1) is 0 Å². The van der Waals surface area contributed by atoms with Crippen LogP contribution < -0.4 is 16.6 Å². The summed E-state index contributed by atoms with van der Waals surface area (Å²) >= 11 is 0. The Kier molecular flexibility index (Phi) is 3.34. The van der Waals surface area contributed by atoms with E-state index in [0.29, 0.717) is 0 Å². The molecular formula is C11H11N5O4. The third kappa shape index (κ3) is 2.41. The van der Waals surface area contributed by atoms with E-state index in [-0.39, 0.29) is 22.3 Å². The normalized spacial score (nSPS) is 12.1. The fourth-order valence-electron chi connectivity index (χ4n) is 1.67. The first-order chi connectivity index (χ1) is 9.40. The second-order valence-corrected chi connectivity index (χ2v) is 4.14. The largest absolute Gasteiger partial charge is 0.368 e. The van der Waals surface area contributed by atoms with Crippen molar-refractivity contribution in [2.24, 2.45) is 5.73 Å². The van der Waals surface area contributed by atoms with Crippen LogP contribution >= 0.6 is 0 Å². The molecule has 9 nitrogen and oxygen atoms in total. The fraction of sp³-hybridized carbons (Fsp3) is 0.182. The number of nitrogens with one attached hydrogen (secondary N) is 2. The second kappa shape index (κ2) is 4.96. The van der Waals surface area contributed by atoms with Gasteiger partial charge >= 0.3 is 0 Å². The first-order valence-electron chi connectivity index (χ1n) is 5.62. The number of anilines is 1. The molecule has 0 saturated carbocycles. The number of nitrogens with zero attached hydrogens (tertiary/aromatic N) is 2. The molecule has 0 fully saturated rings. The average molecular weight is 277 g/mol. The number of hydrogen-bond acceptors (Lipinski definition) is 6. The van der Waals surface area contributed by atoms with E-state index >= 15 is 0 Å². The Morgan fingerprint density at radius 3 is 2.85 bits per heavy atom. The van der Waals surface area contributed by atoms with E-state index in [1.165, 1.54) is 19.3 Å². The van der Waals surface area contributed by atoms with Gasteiger partial charge in [0.2, 0.25) is 5.91 Å². The Bertz CT molecular complexity index is 754. The average Bonchev–Trinajstić information content (AvgIpc) is 2.38. The molecule has 0 aliphatic rings. The molecule has 4 N–H and O–H groups in total. The van der Waals surface area contributed by atoms with Gasteiger partial charge in [-0.25, -0.2) is 4.98 Å². The predicted molar refractivity (Wildman–Crippen MR) is 71.3 cm³/mol. The quantitative estimate of drug-likeness (QED) is 0.534. The lowest BCUT2D eigenvalue weighted by atomic mass is 10.1. The summed E-state index contributed by atoms with van der Waals surface area (Å²) in [4.78, 5) is 39.3. The van der Waals surface area contributed by atoms with Gasteiger partial charge in [0.05, 0.1) is 22.2 Å².